The molecule has 2 aromatic rings. The van der Waals surface area contributed by atoms with E-state index >= 15 is 0 Å². The van der Waals surface area contributed by atoms with Crippen molar-refractivity contribution in [2.24, 2.45) is 5.10 Å². The molecule has 0 saturated heterocycles. The molecular weight excluding hydrogens is 316 g/mol. The number of hydrogen-bond donors (Lipinski definition) is 1. The summed E-state index contributed by atoms with van der Waals surface area (Å²) in [5.74, 6) is -0.404. The molecule has 0 aliphatic carbocycles. The first-order valence-corrected chi connectivity index (χ1v) is 8.16. The molecule has 6 nitrogen and oxygen atoms in total. The van der Waals surface area contributed by atoms with Crippen LogP contribution < -0.4 is 10.3 Å². The summed E-state index contributed by atoms with van der Waals surface area (Å²) in [6, 6.07) is 9.35. The van der Waals surface area contributed by atoms with Gasteiger partial charge in [-0.25, -0.2) is 5.01 Å². The summed E-state index contributed by atoms with van der Waals surface area (Å²) in [5, 5.41) is 8.49. The van der Waals surface area contributed by atoms with Gasteiger partial charge in [-0.2, -0.15) is 5.10 Å². The van der Waals surface area contributed by atoms with Gasteiger partial charge in [0.15, 0.2) is 0 Å². The van der Waals surface area contributed by atoms with Crippen LogP contribution in [-0.2, 0) is 9.59 Å². The Bertz CT molecular complexity index is 873. The highest BCUT2D eigenvalue weighted by Crippen LogP contribution is 2.25. The Hall–Kier alpha value is -3.02. The van der Waals surface area contributed by atoms with Crippen LogP contribution in [0.5, 0.6) is 0 Å². The van der Waals surface area contributed by atoms with Gasteiger partial charge in [-0.1, -0.05) is 12.1 Å². The molecule has 1 N–H and O–H groups in total. The molecule has 3 rings (SSSR count). The van der Waals surface area contributed by atoms with Crippen LogP contribution >= 0.6 is 0 Å². The molecule has 0 atom stereocenters. The van der Waals surface area contributed by atoms with E-state index in [1.807, 2.05) is 39.0 Å². The quantitative estimate of drug-likeness (QED) is 0.936. The average Bonchev–Trinajstić information content (AvgIpc) is 2.57. The number of benzene rings is 1. The predicted octanol–water partition coefficient (Wildman–Crippen LogP) is 3.13. The molecule has 0 spiro atoms. The lowest BCUT2D eigenvalue weighted by Gasteiger charge is -2.24. The molecule has 0 radical (unpaired) electrons. The fourth-order valence-corrected chi connectivity index (χ4v) is 2.68. The van der Waals surface area contributed by atoms with Crippen LogP contribution in [-0.4, -0.2) is 22.5 Å². The van der Waals surface area contributed by atoms with E-state index in [0.29, 0.717) is 17.8 Å². The van der Waals surface area contributed by atoms with Crippen LogP contribution in [0.2, 0.25) is 0 Å². The lowest BCUT2D eigenvalue weighted by atomic mass is 10.1. The maximum Gasteiger partial charge on any atom is 0.271 e. The summed E-state index contributed by atoms with van der Waals surface area (Å²) >= 11 is 0. The van der Waals surface area contributed by atoms with E-state index in [0.717, 1.165) is 22.5 Å². The summed E-state index contributed by atoms with van der Waals surface area (Å²) in [7, 11) is 0. The van der Waals surface area contributed by atoms with Gasteiger partial charge in [-0.15, -0.1) is 0 Å². The van der Waals surface area contributed by atoms with Gasteiger partial charge in [0.05, 0.1) is 5.69 Å². The number of anilines is 2. The minimum absolute atomic E-state index is 0.106. The van der Waals surface area contributed by atoms with Crippen LogP contribution in [0.3, 0.4) is 0 Å². The van der Waals surface area contributed by atoms with Gasteiger partial charge in [0, 0.05) is 30.4 Å². The van der Waals surface area contributed by atoms with Crippen molar-refractivity contribution >= 4 is 28.9 Å². The second kappa shape index (κ2) is 6.84. The molecule has 1 aromatic heterocycles. The molecule has 2 amide bonds. The Morgan fingerprint density at radius 3 is 2.68 bits per heavy atom. The second-order valence-corrected chi connectivity index (χ2v) is 6.18. The van der Waals surface area contributed by atoms with E-state index in [-0.39, 0.29) is 18.2 Å². The van der Waals surface area contributed by atoms with Crippen molar-refractivity contribution in [2.75, 3.05) is 10.3 Å². The number of pyridine rings is 1. The van der Waals surface area contributed by atoms with Gasteiger partial charge in [0.25, 0.3) is 5.91 Å². The zero-order valence-electron chi connectivity index (χ0n) is 14.5. The Morgan fingerprint density at radius 2 is 1.92 bits per heavy atom. The van der Waals surface area contributed by atoms with Crippen molar-refractivity contribution in [2.45, 2.75) is 33.6 Å². The topological polar surface area (TPSA) is 74.7 Å². The van der Waals surface area contributed by atoms with Gasteiger partial charge in [-0.05, 0) is 50.1 Å². The van der Waals surface area contributed by atoms with Crippen LogP contribution in [0.25, 0.3) is 0 Å². The number of amides is 2. The number of carbonyl (C=O) groups excluding carboxylic acids is 2. The Balaban J connectivity index is 1.87. The number of hydrazone groups is 1. The number of aryl methyl sites for hydroxylation is 3. The monoisotopic (exact) mass is 336 g/mol. The fourth-order valence-electron chi connectivity index (χ4n) is 2.68. The molecule has 0 saturated carbocycles. The van der Waals surface area contributed by atoms with Gasteiger partial charge in [0.1, 0.15) is 5.71 Å². The summed E-state index contributed by atoms with van der Waals surface area (Å²) in [6.45, 7) is 5.74. The fraction of sp³-hybridized carbons (Fsp3) is 0.263. The highest BCUT2D eigenvalue weighted by Gasteiger charge is 2.26. The lowest BCUT2D eigenvalue weighted by molar-refractivity contribution is -0.118. The maximum atomic E-state index is 12.5. The Kier molecular flexibility index (Phi) is 4.61. The molecule has 0 bridgehead atoms. The summed E-state index contributed by atoms with van der Waals surface area (Å²) in [4.78, 5) is 28.9. The Morgan fingerprint density at radius 1 is 1.12 bits per heavy atom. The van der Waals surface area contributed by atoms with Crippen LogP contribution in [0, 0.1) is 20.8 Å². The van der Waals surface area contributed by atoms with Gasteiger partial charge >= 0.3 is 0 Å². The molecule has 1 aromatic carbocycles. The third-order valence-electron chi connectivity index (χ3n) is 4.04. The third-order valence-corrected chi connectivity index (χ3v) is 4.04. The van der Waals surface area contributed by atoms with E-state index in [1.165, 1.54) is 5.01 Å². The highest BCUT2D eigenvalue weighted by molar-refractivity contribution is 6.44. The standard InChI is InChI=1S/C19H20N4O2/c1-12-4-5-13(2)17(10-12)23-18(24)7-6-16(22-23)19(25)21-15-8-9-20-14(3)11-15/h4-5,8-11H,6-7H2,1-3H3,(H,20,21,25). The number of nitrogens with zero attached hydrogens (tertiary/aromatic N) is 3. The predicted molar refractivity (Wildman–Crippen MR) is 97.7 cm³/mol. The van der Waals surface area contributed by atoms with E-state index in [9.17, 15) is 9.59 Å². The summed E-state index contributed by atoms with van der Waals surface area (Å²) < 4.78 is 0. The molecule has 25 heavy (non-hydrogen) atoms. The smallest absolute Gasteiger partial charge is 0.271 e. The first-order chi connectivity index (χ1) is 11.9. The first-order valence-electron chi connectivity index (χ1n) is 8.16. The SMILES string of the molecule is Cc1ccc(C)c(N2N=C(C(=O)Nc3ccnc(C)c3)CCC2=O)c1. The average molecular weight is 336 g/mol. The van der Waals surface area contributed by atoms with Crippen molar-refractivity contribution in [1.29, 1.82) is 0 Å². The lowest BCUT2D eigenvalue weighted by Crippen LogP contribution is -2.36. The first kappa shape index (κ1) is 16.8. The van der Waals surface area contributed by atoms with Crippen molar-refractivity contribution in [3.8, 4) is 0 Å². The van der Waals surface area contributed by atoms with E-state index in [4.69, 9.17) is 0 Å². The molecule has 1 aliphatic heterocycles. The molecule has 0 unspecified atom stereocenters. The highest BCUT2D eigenvalue weighted by atomic mass is 16.2. The molecule has 1 aliphatic rings. The summed E-state index contributed by atoms with van der Waals surface area (Å²) in [5.41, 5.74) is 4.51. The number of aromatic nitrogens is 1. The van der Waals surface area contributed by atoms with E-state index in [1.54, 1.807) is 18.3 Å². The number of hydrogen-bond acceptors (Lipinski definition) is 4. The van der Waals surface area contributed by atoms with Gasteiger partial charge < -0.3 is 5.32 Å². The molecule has 0 fully saturated rings. The minimum atomic E-state index is -0.298. The van der Waals surface area contributed by atoms with Crippen molar-refractivity contribution in [3.63, 3.8) is 0 Å². The number of nitrogens with one attached hydrogen (secondary N) is 1. The number of rotatable bonds is 3. The molecule has 6 heteroatoms. The zero-order chi connectivity index (χ0) is 18.0. The second-order valence-electron chi connectivity index (χ2n) is 6.18. The largest absolute Gasteiger partial charge is 0.321 e. The minimum Gasteiger partial charge on any atom is -0.321 e. The van der Waals surface area contributed by atoms with Crippen LogP contribution in [0.15, 0.2) is 41.6 Å². The third kappa shape index (κ3) is 3.74. The van der Waals surface area contributed by atoms with Gasteiger partial charge in [0.2, 0.25) is 5.91 Å². The Labute approximate surface area is 146 Å². The number of carbonyl (C=O) groups is 2. The van der Waals surface area contributed by atoms with E-state index < -0.39 is 0 Å². The van der Waals surface area contributed by atoms with Crippen molar-refractivity contribution in [3.05, 3.63) is 53.3 Å². The molecule has 2 heterocycles. The molecule has 128 valence electrons. The van der Waals surface area contributed by atoms with Gasteiger partial charge in [-0.3, -0.25) is 14.6 Å². The van der Waals surface area contributed by atoms with Crippen LogP contribution in [0.1, 0.15) is 29.7 Å². The maximum absolute atomic E-state index is 12.5. The zero-order valence-corrected chi connectivity index (χ0v) is 14.5. The normalized spacial score (nSPS) is 14.3. The van der Waals surface area contributed by atoms with Crippen molar-refractivity contribution in [1.82, 2.24) is 4.98 Å². The van der Waals surface area contributed by atoms with Crippen LogP contribution in [0.4, 0.5) is 11.4 Å². The van der Waals surface area contributed by atoms with E-state index in [2.05, 4.69) is 15.4 Å². The molecular formula is C19H20N4O2. The summed E-state index contributed by atoms with van der Waals surface area (Å²) in [6.07, 6.45) is 2.23. The van der Waals surface area contributed by atoms with Crippen molar-refractivity contribution < 1.29 is 9.59 Å².